The van der Waals surface area contributed by atoms with E-state index >= 15 is 0 Å². The summed E-state index contributed by atoms with van der Waals surface area (Å²) in [5.41, 5.74) is 2.66. The zero-order valence-corrected chi connectivity index (χ0v) is 16.1. The van der Waals surface area contributed by atoms with E-state index in [1.54, 1.807) is 27.7 Å². The molecule has 11 heteroatoms. The van der Waals surface area contributed by atoms with Crippen molar-refractivity contribution in [3.63, 3.8) is 0 Å². The van der Waals surface area contributed by atoms with E-state index in [1.807, 2.05) is 0 Å². The molecular formula is C18H19F3N4O4. The van der Waals surface area contributed by atoms with E-state index in [1.165, 1.54) is 0 Å². The van der Waals surface area contributed by atoms with Crippen LogP contribution in [0.1, 0.15) is 46.7 Å². The molecule has 0 saturated heterocycles. The molecule has 1 aromatic carbocycles. The Labute approximate surface area is 163 Å². The second-order valence-corrected chi connectivity index (χ2v) is 6.14. The minimum atomic E-state index is -4.70. The van der Waals surface area contributed by atoms with Crippen LogP contribution in [0, 0.1) is 24.0 Å². The number of aromatic amines is 1. The van der Waals surface area contributed by atoms with Crippen molar-refractivity contribution in [2.75, 3.05) is 12.0 Å². The molecular weight excluding hydrogens is 393 g/mol. The van der Waals surface area contributed by atoms with Crippen molar-refractivity contribution in [2.24, 2.45) is 5.10 Å². The summed E-state index contributed by atoms with van der Waals surface area (Å²) in [5.74, 6) is -0.496. The molecule has 2 rings (SSSR count). The lowest BCUT2D eigenvalue weighted by atomic mass is 10.1. The van der Waals surface area contributed by atoms with Gasteiger partial charge in [-0.3, -0.25) is 15.5 Å². The number of nitro groups is 1. The Morgan fingerprint density at radius 2 is 2.00 bits per heavy atom. The van der Waals surface area contributed by atoms with Crippen LogP contribution < -0.4 is 5.43 Å². The van der Waals surface area contributed by atoms with Crippen LogP contribution in [0.3, 0.4) is 0 Å². The van der Waals surface area contributed by atoms with Gasteiger partial charge in [-0.2, -0.15) is 18.3 Å². The summed E-state index contributed by atoms with van der Waals surface area (Å²) < 4.78 is 43.4. The Bertz CT molecular complexity index is 980. The van der Waals surface area contributed by atoms with Gasteiger partial charge in [0.15, 0.2) is 0 Å². The largest absolute Gasteiger partial charge is 0.462 e. The van der Waals surface area contributed by atoms with Crippen LogP contribution in [0.15, 0.2) is 23.3 Å². The number of aromatic nitrogens is 1. The number of ether oxygens (including phenoxy) is 1. The first-order valence-corrected chi connectivity index (χ1v) is 8.49. The Hall–Kier alpha value is -3.37. The van der Waals surface area contributed by atoms with Gasteiger partial charge in [-0.05, 0) is 45.4 Å². The lowest BCUT2D eigenvalue weighted by molar-refractivity contribution is -0.384. The fraction of sp³-hybridized carbons (Fsp3) is 0.333. The normalized spacial score (nSPS) is 12.0. The Kier molecular flexibility index (Phi) is 6.30. The molecule has 1 heterocycles. The third-order valence-electron chi connectivity index (χ3n) is 4.14. The highest BCUT2D eigenvalue weighted by molar-refractivity contribution is 6.03. The number of hydrogen-bond donors (Lipinski definition) is 2. The van der Waals surface area contributed by atoms with Crippen LogP contribution in [0.25, 0.3) is 0 Å². The van der Waals surface area contributed by atoms with E-state index in [2.05, 4.69) is 15.5 Å². The van der Waals surface area contributed by atoms with Crippen LogP contribution in [0.5, 0.6) is 0 Å². The molecule has 8 nitrogen and oxygen atoms in total. The van der Waals surface area contributed by atoms with Gasteiger partial charge in [0.05, 0.1) is 34.1 Å². The smallest absolute Gasteiger partial charge is 0.416 e. The lowest BCUT2D eigenvalue weighted by Crippen LogP contribution is -2.08. The molecule has 156 valence electrons. The predicted octanol–water partition coefficient (Wildman–Crippen LogP) is 4.57. The van der Waals surface area contributed by atoms with E-state index in [-0.39, 0.29) is 12.3 Å². The fourth-order valence-corrected chi connectivity index (χ4v) is 2.77. The Morgan fingerprint density at radius 3 is 2.55 bits per heavy atom. The van der Waals surface area contributed by atoms with Crippen molar-refractivity contribution in [3.05, 3.63) is 56.4 Å². The summed E-state index contributed by atoms with van der Waals surface area (Å²) in [6, 6.07) is 2.10. The van der Waals surface area contributed by atoms with Crippen molar-refractivity contribution >= 4 is 23.1 Å². The first-order valence-electron chi connectivity index (χ1n) is 8.49. The molecule has 29 heavy (non-hydrogen) atoms. The zero-order chi connectivity index (χ0) is 21.9. The number of esters is 1. The van der Waals surface area contributed by atoms with Gasteiger partial charge in [0, 0.05) is 11.8 Å². The number of rotatable bonds is 6. The number of halogens is 3. The van der Waals surface area contributed by atoms with E-state index in [4.69, 9.17) is 4.74 Å². The molecule has 0 radical (unpaired) electrons. The number of hydrazone groups is 1. The second kappa shape index (κ2) is 8.33. The average Bonchev–Trinajstić information content (AvgIpc) is 2.93. The lowest BCUT2D eigenvalue weighted by Gasteiger charge is -2.09. The SMILES string of the molecule is CCOC(=O)c1c(C)[nH]c(C(C)=NNc2ccc(C(F)(F)F)cc2[N+](=O)[O-])c1C. The number of benzene rings is 1. The highest BCUT2D eigenvalue weighted by Gasteiger charge is 2.33. The third kappa shape index (κ3) is 4.73. The first-order chi connectivity index (χ1) is 13.5. The minimum Gasteiger partial charge on any atom is -0.462 e. The quantitative estimate of drug-likeness (QED) is 0.313. The highest BCUT2D eigenvalue weighted by atomic mass is 19.4. The highest BCUT2D eigenvalue weighted by Crippen LogP contribution is 2.35. The first kappa shape index (κ1) is 21.9. The molecule has 0 aliphatic heterocycles. The maximum Gasteiger partial charge on any atom is 0.416 e. The van der Waals surface area contributed by atoms with E-state index in [0.717, 1.165) is 12.1 Å². The number of carbonyl (C=O) groups excluding carboxylic acids is 1. The van der Waals surface area contributed by atoms with Crippen molar-refractivity contribution < 1.29 is 27.6 Å². The number of alkyl halides is 3. The molecule has 0 aliphatic carbocycles. The van der Waals surface area contributed by atoms with Crippen molar-refractivity contribution in [1.29, 1.82) is 0 Å². The van der Waals surface area contributed by atoms with Crippen molar-refractivity contribution in [1.82, 2.24) is 4.98 Å². The number of nitrogens with zero attached hydrogens (tertiary/aromatic N) is 2. The molecule has 0 bridgehead atoms. The van der Waals surface area contributed by atoms with Crippen LogP contribution in [0.2, 0.25) is 0 Å². The van der Waals surface area contributed by atoms with Gasteiger partial charge >= 0.3 is 12.1 Å². The van der Waals surface area contributed by atoms with E-state index in [9.17, 15) is 28.1 Å². The molecule has 0 atom stereocenters. The average molecular weight is 412 g/mol. The van der Waals surface area contributed by atoms with Crippen molar-refractivity contribution in [2.45, 2.75) is 33.9 Å². The van der Waals surface area contributed by atoms with Crippen LogP contribution in [-0.4, -0.2) is 28.2 Å². The van der Waals surface area contributed by atoms with Crippen molar-refractivity contribution in [3.8, 4) is 0 Å². The molecule has 0 aliphatic rings. The number of H-pyrrole nitrogens is 1. The summed E-state index contributed by atoms with van der Waals surface area (Å²) in [4.78, 5) is 25.3. The zero-order valence-electron chi connectivity index (χ0n) is 16.1. The number of anilines is 1. The topological polar surface area (TPSA) is 110 Å². The van der Waals surface area contributed by atoms with E-state index < -0.39 is 28.3 Å². The van der Waals surface area contributed by atoms with Gasteiger partial charge in [0.25, 0.3) is 5.69 Å². The second-order valence-electron chi connectivity index (χ2n) is 6.14. The molecule has 1 aromatic heterocycles. The molecule has 0 unspecified atom stereocenters. The summed E-state index contributed by atoms with van der Waals surface area (Å²) in [5, 5.41) is 15.2. The summed E-state index contributed by atoms with van der Waals surface area (Å²) in [6.45, 7) is 6.85. The van der Waals surface area contributed by atoms with Crippen LogP contribution >= 0.6 is 0 Å². The van der Waals surface area contributed by atoms with Crippen LogP contribution in [-0.2, 0) is 10.9 Å². The number of aryl methyl sites for hydroxylation is 1. The van der Waals surface area contributed by atoms with Gasteiger partial charge in [0.1, 0.15) is 5.69 Å². The molecule has 0 spiro atoms. The van der Waals surface area contributed by atoms with Gasteiger partial charge < -0.3 is 9.72 Å². The number of carbonyl (C=O) groups is 1. The summed E-state index contributed by atoms with van der Waals surface area (Å²) in [6.07, 6.45) is -4.70. The molecule has 2 aromatic rings. The van der Waals surface area contributed by atoms with Gasteiger partial charge in [-0.15, -0.1) is 0 Å². The van der Waals surface area contributed by atoms with Gasteiger partial charge in [0.2, 0.25) is 0 Å². The number of hydrogen-bond acceptors (Lipinski definition) is 6. The van der Waals surface area contributed by atoms with E-state index in [0.29, 0.717) is 34.3 Å². The van der Waals surface area contributed by atoms with Crippen LogP contribution in [0.4, 0.5) is 24.5 Å². The molecule has 2 N–H and O–H groups in total. The minimum absolute atomic E-state index is 0.200. The van der Waals surface area contributed by atoms with Gasteiger partial charge in [-0.1, -0.05) is 0 Å². The maximum absolute atomic E-state index is 12.8. The molecule has 0 saturated carbocycles. The Balaban J connectivity index is 2.37. The monoisotopic (exact) mass is 412 g/mol. The molecule has 0 fully saturated rings. The number of nitrogens with one attached hydrogen (secondary N) is 2. The number of nitro benzene ring substituents is 1. The third-order valence-corrected chi connectivity index (χ3v) is 4.14. The summed E-state index contributed by atoms with van der Waals surface area (Å²) >= 11 is 0. The van der Waals surface area contributed by atoms with Gasteiger partial charge in [-0.25, -0.2) is 4.79 Å². The molecule has 0 amide bonds. The predicted molar refractivity (Wildman–Crippen MR) is 100 cm³/mol. The maximum atomic E-state index is 12.8. The fourth-order valence-electron chi connectivity index (χ4n) is 2.77. The Morgan fingerprint density at radius 1 is 1.34 bits per heavy atom. The summed E-state index contributed by atoms with van der Waals surface area (Å²) in [7, 11) is 0. The standard InChI is InChI=1S/C18H19F3N4O4/c1-5-29-17(26)15-9(2)16(22-10(15)3)11(4)23-24-13-7-6-12(18(19,20)21)8-14(13)25(27)28/h6-8,22,24H,5H2,1-4H3.